The average Bonchev–Trinajstić information content (AvgIpc) is 3.10. The van der Waals surface area contributed by atoms with Gasteiger partial charge in [-0.3, -0.25) is 9.13 Å². The minimum Gasteiger partial charge on any atom is -0.478 e. The van der Waals surface area contributed by atoms with Gasteiger partial charge in [0.2, 0.25) is 0 Å². The summed E-state index contributed by atoms with van der Waals surface area (Å²) >= 11 is 0. The Morgan fingerprint density at radius 3 is 1.17 bits per heavy atom. The number of aryl methyl sites for hydroxylation is 1. The Morgan fingerprint density at radius 2 is 0.872 bits per heavy atom. The van der Waals surface area contributed by atoms with Crippen molar-refractivity contribution in [2.75, 3.05) is 0 Å². The van der Waals surface area contributed by atoms with E-state index in [0.29, 0.717) is 27.8 Å². The lowest BCUT2D eigenvalue weighted by Crippen LogP contribution is -2.13. The third kappa shape index (κ3) is 9.46. The number of carbonyl (C=O) groups is 1. The molecule has 0 bridgehead atoms. The normalized spacial score (nSPS) is 11.9. The molecule has 0 fully saturated rings. The van der Waals surface area contributed by atoms with Crippen molar-refractivity contribution in [1.82, 2.24) is 0 Å². The summed E-state index contributed by atoms with van der Waals surface area (Å²) < 4.78 is 55.6. The topological polar surface area (TPSA) is 108 Å². The molecule has 0 radical (unpaired) electrons. The summed E-state index contributed by atoms with van der Waals surface area (Å²) in [5.41, 5.74) is 3.41. The summed E-state index contributed by atoms with van der Waals surface area (Å²) in [7, 11) is -9.04. The van der Waals surface area contributed by atoms with Crippen molar-refractivity contribution >= 4 is 21.2 Å². The van der Waals surface area contributed by atoms with Crippen molar-refractivity contribution in [1.29, 1.82) is 0 Å². The number of aromatic carboxylic acids is 1. The molecule has 0 saturated heterocycles. The largest absolute Gasteiger partial charge is 0.478 e. The van der Waals surface area contributed by atoms with Gasteiger partial charge in [-0.25, -0.2) is 4.79 Å². The lowest BCUT2D eigenvalue weighted by molar-refractivity contribution is 0.0696. The van der Waals surface area contributed by atoms with Gasteiger partial charge in [0.15, 0.2) is 5.40 Å². The van der Waals surface area contributed by atoms with Crippen LogP contribution in [0.15, 0.2) is 140 Å². The van der Waals surface area contributed by atoms with Gasteiger partial charge in [-0.05, 0) is 52.4 Å². The number of rotatable bonds is 16. The monoisotopic (exact) mass is 670 g/mol. The summed E-state index contributed by atoms with van der Waals surface area (Å²) in [4.78, 5) is 12.2. The molecule has 0 unspecified atom stereocenters. The second-order valence-corrected chi connectivity index (χ2v) is 15.6. The standard InChI is InChI=1S/C37H36O8P2/c1-29-22-34(36(38)39)24-35(23-29)37(46(40,42-25-30-14-6-2-7-15-30)43-26-31-16-8-3-9-17-31)47(41,44-27-32-18-10-4-11-19-32)45-28-33-20-12-5-13-21-33/h2-24,37H,25-28H2,1H3,(H,38,39). The molecule has 0 atom stereocenters. The van der Waals surface area contributed by atoms with Crippen LogP contribution in [0.5, 0.6) is 0 Å². The second kappa shape index (κ2) is 16.1. The fourth-order valence-electron chi connectivity index (χ4n) is 4.94. The van der Waals surface area contributed by atoms with Crippen LogP contribution < -0.4 is 0 Å². The quantitative estimate of drug-likeness (QED) is 0.103. The summed E-state index contributed by atoms with van der Waals surface area (Å²) in [5.74, 6) is -1.20. The van der Waals surface area contributed by atoms with Gasteiger partial charge in [0.25, 0.3) is 0 Å². The smallest absolute Gasteiger partial charge is 0.350 e. The van der Waals surface area contributed by atoms with Gasteiger partial charge in [0.05, 0.1) is 32.0 Å². The molecule has 10 heteroatoms. The third-order valence-corrected chi connectivity index (χ3v) is 12.7. The van der Waals surface area contributed by atoms with Crippen molar-refractivity contribution in [3.8, 4) is 0 Å². The lowest BCUT2D eigenvalue weighted by Gasteiger charge is -2.33. The number of hydrogen-bond donors (Lipinski definition) is 1. The molecule has 0 amide bonds. The maximum Gasteiger partial charge on any atom is 0.350 e. The van der Waals surface area contributed by atoms with Crippen molar-refractivity contribution in [3.05, 3.63) is 178 Å². The van der Waals surface area contributed by atoms with Gasteiger partial charge in [-0.2, -0.15) is 0 Å². The van der Waals surface area contributed by atoms with Crippen LogP contribution in [-0.4, -0.2) is 11.1 Å². The van der Waals surface area contributed by atoms with Crippen molar-refractivity contribution in [2.24, 2.45) is 0 Å². The minimum atomic E-state index is -4.52. The van der Waals surface area contributed by atoms with Crippen molar-refractivity contribution < 1.29 is 37.1 Å². The summed E-state index contributed by atoms with van der Waals surface area (Å²) in [6.45, 7) is 1.14. The highest BCUT2D eigenvalue weighted by Crippen LogP contribution is 2.79. The molecule has 0 saturated carbocycles. The molecular formula is C37H36O8P2. The average molecular weight is 671 g/mol. The number of hydrogen-bond acceptors (Lipinski definition) is 7. The highest BCUT2D eigenvalue weighted by Gasteiger charge is 2.53. The van der Waals surface area contributed by atoms with E-state index in [4.69, 9.17) is 18.1 Å². The van der Waals surface area contributed by atoms with Gasteiger partial charge in [-0.15, -0.1) is 0 Å². The maximum atomic E-state index is 15.4. The van der Waals surface area contributed by atoms with Gasteiger partial charge in [0, 0.05) is 0 Å². The summed E-state index contributed by atoms with van der Waals surface area (Å²) in [5, 5.41) is 8.32. The van der Waals surface area contributed by atoms with Crippen molar-refractivity contribution in [2.45, 2.75) is 38.8 Å². The van der Waals surface area contributed by atoms with Crippen molar-refractivity contribution in [3.63, 3.8) is 0 Å². The molecule has 0 heterocycles. The lowest BCUT2D eigenvalue weighted by atomic mass is 10.1. The molecule has 0 aliphatic rings. The van der Waals surface area contributed by atoms with Crippen LogP contribution in [-0.2, 0) is 53.7 Å². The summed E-state index contributed by atoms with van der Waals surface area (Å²) in [6.07, 6.45) is 0. The first-order valence-corrected chi connectivity index (χ1v) is 18.2. The maximum absolute atomic E-state index is 15.4. The Kier molecular flexibility index (Phi) is 11.7. The Balaban J connectivity index is 1.65. The molecule has 5 rings (SSSR count). The first-order chi connectivity index (χ1) is 22.7. The number of carboxylic acids is 1. The third-order valence-electron chi connectivity index (χ3n) is 7.26. The minimum absolute atomic E-state index is 0.0830. The van der Waals surface area contributed by atoms with Crippen LogP contribution in [0.1, 0.15) is 49.1 Å². The first kappa shape index (κ1) is 34.2. The predicted octanol–water partition coefficient (Wildman–Crippen LogP) is 9.95. The van der Waals surface area contributed by atoms with Crippen LogP contribution in [0.3, 0.4) is 0 Å². The van der Waals surface area contributed by atoms with E-state index < -0.39 is 26.6 Å². The first-order valence-electron chi connectivity index (χ1n) is 15.0. The van der Waals surface area contributed by atoms with Crippen LogP contribution in [0.2, 0.25) is 0 Å². The molecule has 5 aromatic carbocycles. The number of benzene rings is 5. The van der Waals surface area contributed by atoms with E-state index in [1.165, 1.54) is 12.1 Å². The fraction of sp³-hybridized carbons (Fsp3) is 0.162. The summed E-state index contributed by atoms with van der Waals surface area (Å²) in [6, 6.07) is 40.9. The number of carboxylic acid groups (broad SMARTS) is 1. The van der Waals surface area contributed by atoms with E-state index >= 15 is 9.13 Å². The van der Waals surface area contributed by atoms with Crippen LogP contribution >= 0.6 is 15.2 Å². The van der Waals surface area contributed by atoms with Crippen LogP contribution in [0.4, 0.5) is 0 Å². The molecule has 0 aromatic heterocycles. The molecular weight excluding hydrogens is 634 g/mol. The van der Waals surface area contributed by atoms with Gasteiger partial charge in [0.1, 0.15) is 0 Å². The van der Waals surface area contributed by atoms with Crippen LogP contribution in [0.25, 0.3) is 0 Å². The Morgan fingerprint density at radius 1 is 0.553 bits per heavy atom. The second-order valence-electron chi connectivity index (χ2n) is 10.9. The molecule has 242 valence electrons. The zero-order chi connectivity index (χ0) is 33.1. The molecule has 0 aliphatic heterocycles. The van der Waals surface area contributed by atoms with E-state index in [2.05, 4.69) is 0 Å². The Hall–Kier alpha value is -4.13. The van der Waals surface area contributed by atoms with E-state index in [0.717, 1.165) is 0 Å². The molecule has 0 spiro atoms. The zero-order valence-electron chi connectivity index (χ0n) is 25.9. The Bertz CT molecular complexity index is 1630. The molecule has 8 nitrogen and oxygen atoms in total. The van der Waals surface area contributed by atoms with E-state index in [1.54, 1.807) is 13.0 Å². The SMILES string of the molecule is Cc1cc(C(=O)O)cc(C(P(=O)(OCc2ccccc2)OCc2ccccc2)P(=O)(OCc2ccccc2)OCc2ccccc2)c1. The Labute approximate surface area is 275 Å². The van der Waals surface area contributed by atoms with E-state index in [9.17, 15) is 9.90 Å². The highest BCUT2D eigenvalue weighted by atomic mass is 31.2. The highest BCUT2D eigenvalue weighted by molar-refractivity contribution is 7.72. The van der Waals surface area contributed by atoms with Gasteiger partial charge >= 0.3 is 21.2 Å². The zero-order valence-corrected chi connectivity index (χ0v) is 27.7. The van der Waals surface area contributed by atoms with E-state index in [1.807, 2.05) is 121 Å². The van der Waals surface area contributed by atoms with E-state index in [-0.39, 0.29) is 37.6 Å². The molecule has 5 aromatic rings. The van der Waals surface area contributed by atoms with Gasteiger partial charge < -0.3 is 23.2 Å². The van der Waals surface area contributed by atoms with Gasteiger partial charge in [-0.1, -0.05) is 127 Å². The molecule has 47 heavy (non-hydrogen) atoms. The molecule has 1 N–H and O–H groups in total. The fourth-order valence-corrected chi connectivity index (χ4v) is 10.2. The molecule has 0 aliphatic carbocycles. The predicted molar refractivity (Wildman–Crippen MR) is 181 cm³/mol. The van der Waals surface area contributed by atoms with Crippen LogP contribution in [0, 0.1) is 6.92 Å².